The molecule has 0 radical (unpaired) electrons. The maximum atomic E-state index is 14.0. The number of aromatic nitrogens is 4. The van der Waals surface area contributed by atoms with E-state index in [1.54, 1.807) is 34.5 Å². The number of aryl methyl sites for hydroxylation is 4. The van der Waals surface area contributed by atoms with Crippen LogP contribution in [-0.2, 0) is 29.7 Å². The van der Waals surface area contributed by atoms with Gasteiger partial charge in [0, 0.05) is 37.3 Å². The second-order valence-electron chi connectivity index (χ2n) is 8.59. The fourth-order valence-corrected chi connectivity index (χ4v) is 4.96. The minimum absolute atomic E-state index is 0.0445. The van der Waals surface area contributed by atoms with Crippen LogP contribution in [-0.4, -0.2) is 39.9 Å². The van der Waals surface area contributed by atoms with E-state index in [1.165, 1.54) is 6.07 Å². The molecule has 2 heterocycles. The first-order valence-electron chi connectivity index (χ1n) is 11.6. The molecule has 4 aromatic rings. The average molecular weight is 500 g/mol. The molecule has 35 heavy (non-hydrogen) atoms. The van der Waals surface area contributed by atoms with Crippen molar-refractivity contribution in [1.82, 2.24) is 23.4 Å². The summed E-state index contributed by atoms with van der Waals surface area (Å²) in [5.74, 6) is -0.282. The van der Waals surface area contributed by atoms with Crippen LogP contribution >= 0.6 is 0 Å². The molecule has 2 aromatic heterocycles. The van der Waals surface area contributed by atoms with Gasteiger partial charge in [-0.3, -0.25) is 9.13 Å². The summed E-state index contributed by atoms with van der Waals surface area (Å²) in [6, 6.07) is 10.8. The molecule has 2 aromatic carbocycles. The van der Waals surface area contributed by atoms with E-state index in [1.807, 2.05) is 36.6 Å². The Bertz CT molecular complexity index is 1550. The molecule has 8 nitrogen and oxygen atoms in total. The number of benzene rings is 2. The van der Waals surface area contributed by atoms with Gasteiger partial charge in [0.25, 0.3) is 0 Å². The van der Waals surface area contributed by atoms with Gasteiger partial charge in [0.15, 0.2) is 0 Å². The lowest BCUT2D eigenvalue weighted by Crippen LogP contribution is -2.23. The van der Waals surface area contributed by atoms with Gasteiger partial charge < -0.3 is 4.57 Å². The summed E-state index contributed by atoms with van der Waals surface area (Å²) in [7, 11) is -3.27. The largest absolute Gasteiger partial charge is 0.330 e. The first-order chi connectivity index (χ1) is 16.6. The van der Waals surface area contributed by atoms with Crippen LogP contribution in [0.1, 0.15) is 25.8 Å². The molecule has 0 amide bonds. The number of fused-ring (bicyclic) bond motifs is 1. The lowest BCUT2D eigenvalue weighted by molar-refractivity contribution is 0.576. The van der Waals surface area contributed by atoms with Crippen LogP contribution < -0.4 is 10.4 Å². The van der Waals surface area contributed by atoms with Gasteiger partial charge in [0.2, 0.25) is 10.0 Å². The summed E-state index contributed by atoms with van der Waals surface area (Å²) in [5.41, 5.74) is 5.37. The van der Waals surface area contributed by atoms with Gasteiger partial charge in [0.05, 0.1) is 35.0 Å². The van der Waals surface area contributed by atoms with Gasteiger partial charge in [-0.15, -0.1) is 0 Å². The van der Waals surface area contributed by atoms with Crippen molar-refractivity contribution >= 4 is 21.1 Å². The van der Waals surface area contributed by atoms with Crippen molar-refractivity contribution in [3.63, 3.8) is 0 Å². The third kappa shape index (κ3) is 4.94. The molecular formula is C25H30FN5O3S. The van der Waals surface area contributed by atoms with E-state index < -0.39 is 10.0 Å². The summed E-state index contributed by atoms with van der Waals surface area (Å²) in [5, 5.41) is 0. The molecule has 0 aliphatic carbocycles. The Morgan fingerprint density at radius 3 is 2.34 bits per heavy atom. The highest BCUT2D eigenvalue weighted by molar-refractivity contribution is 7.88. The normalized spacial score (nSPS) is 12.0. The lowest BCUT2D eigenvalue weighted by atomic mass is 10.0. The second kappa shape index (κ2) is 9.79. The summed E-state index contributed by atoms with van der Waals surface area (Å²) in [4.78, 5) is 17.5. The number of sulfonamides is 1. The molecular weight excluding hydrogens is 469 g/mol. The molecule has 0 unspecified atom stereocenters. The van der Waals surface area contributed by atoms with Crippen molar-refractivity contribution in [3.8, 4) is 22.5 Å². The molecule has 0 saturated heterocycles. The van der Waals surface area contributed by atoms with E-state index in [0.29, 0.717) is 43.9 Å². The third-order valence-electron chi connectivity index (χ3n) is 6.13. The zero-order valence-electron chi connectivity index (χ0n) is 20.4. The lowest BCUT2D eigenvalue weighted by Gasteiger charge is -2.12. The minimum atomic E-state index is -3.27. The zero-order valence-corrected chi connectivity index (χ0v) is 21.2. The summed E-state index contributed by atoms with van der Waals surface area (Å²) in [6.07, 6.45) is 3.42. The molecule has 0 aliphatic rings. The van der Waals surface area contributed by atoms with Crippen LogP contribution in [0.4, 0.5) is 4.39 Å². The number of halogens is 1. The molecule has 1 N–H and O–H groups in total. The number of rotatable bonds is 9. The van der Waals surface area contributed by atoms with Crippen molar-refractivity contribution in [1.29, 1.82) is 0 Å². The van der Waals surface area contributed by atoms with Crippen molar-refractivity contribution < 1.29 is 12.8 Å². The molecule has 0 fully saturated rings. The van der Waals surface area contributed by atoms with Gasteiger partial charge >= 0.3 is 5.69 Å². The van der Waals surface area contributed by atoms with E-state index in [0.717, 1.165) is 34.1 Å². The molecule has 0 spiro atoms. The Balaban J connectivity index is 1.84. The molecule has 186 valence electrons. The smallest absolute Gasteiger partial charge is 0.329 e. The van der Waals surface area contributed by atoms with E-state index in [9.17, 15) is 17.6 Å². The Hall–Kier alpha value is -3.24. The molecule has 0 aliphatic heterocycles. The van der Waals surface area contributed by atoms with Crippen molar-refractivity contribution in [3.05, 3.63) is 64.6 Å². The highest BCUT2D eigenvalue weighted by Crippen LogP contribution is 2.34. The van der Waals surface area contributed by atoms with Crippen LogP contribution in [0, 0.1) is 12.7 Å². The van der Waals surface area contributed by atoms with Crippen molar-refractivity contribution in [2.24, 2.45) is 0 Å². The Morgan fingerprint density at radius 1 is 1.00 bits per heavy atom. The Morgan fingerprint density at radius 2 is 1.69 bits per heavy atom. The number of nitrogens with zero attached hydrogens (tertiary/aromatic N) is 4. The fraction of sp³-hybridized carbons (Fsp3) is 0.360. The van der Waals surface area contributed by atoms with Gasteiger partial charge in [-0.25, -0.2) is 27.3 Å². The van der Waals surface area contributed by atoms with E-state index in [-0.39, 0.29) is 11.5 Å². The summed E-state index contributed by atoms with van der Waals surface area (Å²) in [6.45, 7) is 7.56. The topological polar surface area (TPSA) is 90.9 Å². The summed E-state index contributed by atoms with van der Waals surface area (Å²) < 4.78 is 44.8. The number of nitrogens with one attached hydrogen (secondary N) is 1. The Kier molecular flexibility index (Phi) is 6.95. The number of hydrogen-bond donors (Lipinski definition) is 1. The van der Waals surface area contributed by atoms with Gasteiger partial charge in [-0.05, 0) is 63.1 Å². The zero-order chi connectivity index (χ0) is 25.3. The quantitative estimate of drug-likeness (QED) is 0.355. The van der Waals surface area contributed by atoms with E-state index >= 15 is 0 Å². The van der Waals surface area contributed by atoms with Crippen molar-refractivity contribution in [2.45, 2.75) is 46.8 Å². The van der Waals surface area contributed by atoms with Crippen LogP contribution in [0.5, 0.6) is 0 Å². The fourth-order valence-electron chi connectivity index (χ4n) is 4.44. The van der Waals surface area contributed by atoms with Gasteiger partial charge in [-0.2, -0.15) is 0 Å². The van der Waals surface area contributed by atoms with Gasteiger partial charge in [-0.1, -0.05) is 6.07 Å². The van der Waals surface area contributed by atoms with Gasteiger partial charge in [0.1, 0.15) is 5.82 Å². The predicted octanol–water partition coefficient (Wildman–Crippen LogP) is 3.76. The van der Waals surface area contributed by atoms with Crippen LogP contribution in [0.25, 0.3) is 33.5 Å². The molecule has 0 atom stereocenters. The SMILES string of the molecule is CCn1c(=O)n(CC)c2cc(-c3c(-c4ccc(F)c(C)c4)ncn3CCCNS(C)(=O)=O)ccc21. The number of hydrogen-bond acceptors (Lipinski definition) is 4. The van der Waals surface area contributed by atoms with Crippen molar-refractivity contribution in [2.75, 3.05) is 12.8 Å². The number of imidazole rings is 2. The monoisotopic (exact) mass is 499 g/mol. The molecule has 0 saturated carbocycles. The Labute approximate surface area is 204 Å². The second-order valence-corrected chi connectivity index (χ2v) is 10.4. The maximum absolute atomic E-state index is 14.0. The predicted molar refractivity (Wildman–Crippen MR) is 136 cm³/mol. The maximum Gasteiger partial charge on any atom is 0.329 e. The molecule has 0 bridgehead atoms. The average Bonchev–Trinajstić information content (AvgIpc) is 3.35. The molecule has 10 heteroatoms. The molecule has 4 rings (SSSR count). The van der Waals surface area contributed by atoms with Crippen LogP contribution in [0.3, 0.4) is 0 Å². The minimum Gasteiger partial charge on any atom is -0.330 e. The highest BCUT2D eigenvalue weighted by Gasteiger charge is 2.19. The van der Waals surface area contributed by atoms with Crippen LogP contribution in [0.2, 0.25) is 0 Å². The van der Waals surface area contributed by atoms with E-state index in [2.05, 4.69) is 9.71 Å². The van der Waals surface area contributed by atoms with Crippen LogP contribution in [0.15, 0.2) is 47.5 Å². The third-order valence-corrected chi connectivity index (χ3v) is 6.86. The highest BCUT2D eigenvalue weighted by atomic mass is 32.2. The first-order valence-corrected chi connectivity index (χ1v) is 13.5. The summed E-state index contributed by atoms with van der Waals surface area (Å²) >= 11 is 0. The standard InChI is InChI=1S/C25H30FN5O3S/c1-5-30-21-11-9-19(15-22(21)31(6-2)25(30)32)24-23(18-8-10-20(26)17(3)14-18)27-16-29(24)13-7-12-28-35(4,33)34/h8-11,14-16,28H,5-7,12-13H2,1-4H3. The van der Waals surface area contributed by atoms with E-state index in [4.69, 9.17) is 0 Å². The first kappa shape index (κ1) is 24.9.